The molecule has 1 aliphatic rings. The number of benzene rings is 1. The molecule has 13 heteroatoms. The highest BCUT2D eigenvalue weighted by atomic mass is 35.5. The average molecular weight is 518 g/mol. The fraction of sp³-hybridized carbons (Fsp3) is 0.318. The number of fused-ring (bicyclic) bond motifs is 1. The van der Waals surface area contributed by atoms with Crippen molar-refractivity contribution in [3.63, 3.8) is 0 Å². The van der Waals surface area contributed by atoms with Crippen LogP contribution < -0.4 is 5.73 Å². The second-order valence-electron chi connectivity index (χ2n) is 8.09. The quantitative estimate of drug-likeness (QED) is 0.310. The third-order valence-electron chi connectivity index (χ3n) is 5.62. The van der Waals surface area contributed by atoms with Crippen molar-refractivity contribution in [2.45, 2.75) is 38.1 Å². The molecule has 3 aromatic rings. The molecular weight excluding hydrogens is 500 g/mol. The topological polar surface area (TPSA) is 77.0 Å². The number of pyridine rings is 1. The second kappa shape index (κ2) is 9.50. The molecule has 0 unspecified atom stereocenters. The van der Waals surface area contributed by atoms with E-state index in [0.29, 0.717) is 17.7 Å². The molecule has 3 heterocycles. The molecule has 0 radical (unpaired) electrons. The number of nitrogens with two attached hydrogens (primary N) is 1. The first-order valence-corrected chi connectivity index (χ1v) is 10.8. The third kappa shape index (κ3) is 5.27. The van der Waals surface area contributed by atoms with Crippen molar-refractivity contribution in [1.82, 2.24) is 19.4 Å². The lowest BCUT2D eigenvalue weighted by molar-refractivity contribution is -0.148. The number of hydrogen-bond acceptors (Lipinski definition) is 4. The van der Waals surface area contributed by atoms with Crippen LogP contribution in [0.4, 0.5) is 26.3 Å². The molecule has 6 nitrogen and oxygen atoms in total. The van der Waals surface area contributed by atoms with Gasteiger partial charge in [-0.15, -0.1) is 0 Å². The number of amides is 1. The average Bonchev–Trinajstić information content (AvgIpc) is 3.17. The van der Waals surface area contributed by atoms with Crippen molar-refractivity contribution in [2.75, 3.05) is 6.54 Å². The molecule has 1 atom stereocenters. The van der Waals surface area contributed by atoms with E-state index >= 15 is 0 Å². The number of alkyl halides is 3. The van der Waals surface area contributed by atoms with Crippen molar-refractivity contribution in [1.29, 1.82) is 0 Å². The van der Waals surface area contributed by atoms with Gasteiger partial charge in [0.1, 0.15) is 11.0 Å². The monoisotopic (exact) mass is 517 g/mol. The van der Waals surface area contributed by atoms with Crippen LogP contribution in [0, 0.1) is 17.5 Å². The number of aromatic nitrogens is 3. The highest BCUT2D eigenvalue weighted by Crippen LogP contribution is 2.36. The van der Waals surface area contributed by atoms with Crippen molar-refractivity contribution in [3.05, 3.63) is 70.1 Å². The Hall–Kier alpha value is -3.12. The van der Waals surface area contributed by atoms with Gasteiger partial charge in [-0.05, 0) is 30.2 Å². The third-order valence-corrected chi connectivity index (χ3v) is 5.85. The number of rotatable bonds is 5. The molecule has 1 amide bonds. The maximum absolute atomic E-state index is 13.9. The summed E-state index contributed by atoms with van der Waals surface area (Å²) in [4.78, 5) is 21.8. The van der Waals surface area contributed by atoms with Gasteiger partial charge in [-0.1, -0.05) is 11.6 Å². The van der Waals surface area contributed by atoms with Gasteiger partial charge in [-0.25, -0.2) is 23.1 Å². The SMILES string of the molecule is N[C@@H](CC(=O)N1CCn2c(C(F)(F)F)nc(-c3ccc(Cl)nc3)c2C1)Cc1cc(F)c(F)cc1F. The van der Waals surface area contributed by atoms with E-state index in [-0.39, 0.29) is 54.6 Å². The molecule has 1 aromatic carbocycles. The van der Waals surface area contributed by atoms with Gasteiger partial charge in [0.2, 0.25) is 11.7 Å². The summed E-state index contributed by atoms with van der Waals surface area (Å²) in [6.07, 6.45) is -3.94. The molecule has 186 valence electrons. The van der Waals surface area contributed by atoms with Crippen LogP contribution in [0.5, 0.6) is 0 Å². The van der Waals surface area contributed by atoms with Crippen LogP contribution in [0.25, 0.3) is 11.3 Å². The van der Waals surface area contributed by atoms with Crippen LogP contribution in [0.2, 0.25) is 5.15 Å². The number of imidazole rings is 1. The summed E-state index contributed by atoms with van der Waals surface area (Å²) < 4.78 is 82.3. The summed E-state index contributed by atoms with van der Waals surface area (Å²) in [5.41, 5.74) is 6.24. The molecule has 0 saturated heterocycles. The number of nitrogens with zero attached hydrogens (tertiary/aromatic N) is 4. The first-order chi connectivity index (χ1) is 16.4. The van der Waals surface area contributed by atoms with Gasteiger partial charge >= 0.3 is 6.18 Å². The zero-order valence-electron chi connectivity index (χ0n) is 17.9. The molecule has 0 saturated carbocycles. The minimum absolute atomic E-state index is 0.0205. The summed E-state index contributed by atoms with van der Waals surface area (Å²) in [5, 5.41) is 0.154. The second-order valence-corrected chi connectivity index (χ2v) is 8.48. The molecule has 0 bridgehead atoms. The number of carbonyl (C=O) groups excluding carboxylic acids is 1. The highest BCUT2D eigenvalue weighted by molar-refractivity contribution is 6.29. The largest absolute Gasteiger partial charge is 0.449 e. The van der Waals surface area contributed by atoms with Crippen LogP contribution in [0.15, 0.2) is 30.5 Å². The molecule has 1 aliphatic heterocycles. The lowest BCUT2D eigenvalue weighted by atomic mass is 10.0. The Morgan fingerprint density at radius 2 is 1.83 bits per heavy atom. The smallest absolute Gasteiger partial charge is 0.335 e. The van der Waals surface area contributed by atoms with E-state index in [1.165, 1.54) is 23.2 Å². The molecule has 35 heavy (non-hydrogen) atoms. The van der Waals surface area contributed by atoms with E-state index in [2.05, 4.69) is 9.97 Å². The van der Waals surface area contributed by atoms with E-state index in [1.54, 1.807) is 0 Å². The van der Waals surface area contributed by atoms with Gasteiger partial charge in [0.15, 0.2) is 11.6 Å². The van der Waals surface area contributed by atoms with Gasteiger partial charge in [0.25, 0.3) is 0 Å². The predicted molar refractivity (Wildman–Crippen MR) is 113 cm³/mol. The lowest BCUT2D eigenvalue weighted by Gasteiger charge is -2.30. The molecule has 2 N–H and O–H groups in total. The van der Waals surface area contributed by atoms with Crippen LogP contribution in [0.1, 0.15) is 23.5 Å². The first-order valence-electron chi connectivity index (χ1n) is 10.4. The predicted octanol–water partition coefficient (Wildman–Crippen LogP) is 4.34. The normalized spacial score (nSPS) is 14.7. The summed E-state index contributed by atoms with van der Waals surface area (Å²) in [6, 6.07) is 3.04. The lowest BCUT2D eigenvalue weighted by Crippen LogP contribution is -2.42. The maximum Gasteiger partial charge on any atom is 0.449 e. The Morgan fingerprint density at radius 1 is 1.11 bits per heavy atom. The molecular formula is C22H18ClF6N5O. The van der Waals surface area contributed by atoms with Gasteiger partial charge in [0, 0.05) is 43.4 Å². The van der Waals surface area contributed by atoms with Gasteiger partial charge < -0.3 is 15.2 Å². The Kier molecular flexibility index (Phi) is 6.78. The number of hydrogen-bond donors (Lipinski definition) is 1. The molecule has 0 fully saturated rings. The van der Waals surface area contributed by atoms with Gasteiger partial charge in [0.05, 0.1) is 17.9 Å². The van der Waals surface area contributed by atoms with E-state index in [4.69, 9.17) is 17.3 Å². The van der Waals surface area contributed by atoms with Crippen molar-refractivity contribution >= 4 is 17.5 Å². The number of halogens is 7. The minimum Gasteiger partial charge on any atom is -0.335 e. The Balaban J connectivity index is 1.54. The summed E-state index contributed by atoms with van der Waals surface area (Å²) >= 11 is 5.77. The Bertz CT molecular complexity index is 1260. The Morgan fingerprint density at radius 3 is 2.49 bits per heavy atom. The van der Waals surface area contributed by atoms with E-state index in [1.807, 2.05) is 0 Å². The first kappa shape index (κ1) is 25.0. The van der Waals surface area contributed by atoms with Gasteiger partial charge in [-0.2, -0.15) is 13.2 Å². The molecule has 0 spiro atoms. The summed E-state index contributed by atoms with van der Waals surface area (Å²) in [6.45, 7) is -0.362. The standard InChI is InChI=1S/C22H18ClF6N5O/c23-18-2-1-11(9-31-18)20-17-10-33(3-4-34(17)21(32-20)22(27,28)29)19(35)7-13(30)5-12-6-15(25)16(26)8-14(12)24/h1-2,6,8-9,13H,3-5,7,10,30H2/t13-/m1/s1. The van der Waals surface area contributed by atoms with E-state index in [0.717, 1.165) is 4.57 Å². The van der Waals surface area contributed by atoms with Crippen LogP contribution in [-0.2, 0) is 30.5 Å². The van der Waals surface area contributed by atoms with E-state index in [9.17, 15) is 31.1 Å². The van der Waals surface area contributed by atoms with Crippen molar-refractivity contribution in [3.8, 4) is 11.3 Å². The molecule has 2 aromatic heterocycles. The Labute approximate surface area is 200 Å². The molecule has 0 aliphatic carbocycles. The fourth-order valence-electron chi connectivity index (χ4n) is 3.97. The van der Waals surface area contributed by atoms with E-state index < -0.39 is 41.4 Å². The highest BCUT2D eigenvalue weighted by Gasteiger charge is 2.41. The van der Waals surface area contributed by atoms with Crippen LogP contribution in [-0.4, -0.2) is 37.9 Å². The zero-order valence-corrected chi connectivity index (χ0v) is 18.7. The minimum atomic E-state index is -4.71. The van der Waals surface area contributed by atoms with Crippen LogP contribution in [0.3, 0.4) is 0 Å². The van der Waals surface area contributed by atoms with Crippen LogP contribution >= 0.6 is 11.6 Å². The number of carbonyl (C=O) groups is 1. The van der Waals surface area contributed by atoms with Crippen molar-refractivity contribution < 1.29 is 31.1 Å². The molecule has 4 rings (SSSR count). The maximum atomic E-state index is 13.9. The fourth-order valence-corrected chi connectivity index (χ4v) is 4.08. The zero-order chi connectivity index (χ0) is 25.5. The summed E-state index contributed by atoms with van der Waals surface area (Å²) in [7, 11) is 0. The summed E-state index contributed by atoms with van der Waals surface area (Å²) in [5.74, 6) is -5.15. The van der Waals surface area contributed by atoms with Crippen molar-refractivity contribution in [2.24, 2.45) is 5.73 Å². The van der Waals surface area contributed by atoms with Gasteiger partial charge in [-0.3, -0.25) is 4.79 Å².